The van der Waals surface area contributed by atoms with Crippen LogP contribution in [0.2, 0.25) is 0 Å². The summed E-state index contributed by atoms with van der Waals surface area (Å²) in [5.41, 5.74) is 11.2. The van der Waals surface area contributed by atoms with Gasteiger partial charge in [0.1, 0.15) is 5.69 Å². The molecule has 176 valence electrons. The Bertz CT molecular complexity index is 1470. The second-order valence-corrected chi connectivity index (χ2v) is 8.26. The van der Waals surface area contributed by atoms with Gasteiger partial charge in [0.15, 0.2) is 0 Å². The molecule has 2 aromatic heterocycles. The normalized spacial score (nSPS) is 12.4. The number of rotatable bonds is 5. The number of aromatic amines is 1. The molecule has 2 aromatic carbocycles. The minimum atomic E-state index is -0.833. The predicted octanol–water partition coefficient (Wildman–Crippen LogP) is 3.38. The Morgan fingerprint density at radius 3 is 2.65 bits per heavy atom. The zero-order valence-corrected chi connectivity index (χ0v) is 18.7. The molecule has 10 heteroatoms. The molecule has 0 saturated heterocycles. The van der Waals surface area contributed by atoms with Crippen molar-refractivity contribution in [2.75, 3.05) is 6.54 Å². The minimum Gasteiger partial charge on any atom is -0.481 e. The molecule has 34 heavy (non-hydrogen) atoms. The van der Waals surface area contributed by atoms with Gasteiger partial charge in [0.05, 0.1) is 21.5 Å². The van der Waals surface area contributed by atoms with E-state index < -0.39 is 10.9 Å². The fourth-order valence-electron chi connectivity index (χ4n) is 4.37. The highest BCUT2D eigenvalue weighted by molar-refractivity contribution is 5.97. The maximum absolute atomic E-state index is 12.9. The van der Waals surface area contributed by atoms with Crippen molar-refractivity contribution >= 4 is 33.6 Å². The molecule has 0 spiro atoms. The standard InChI is InChI=1S/C22H21N5O3.C2H4O2/c23-7-2-8-26-12-17(16-6-5-15(27(29)30)11-20(16)26)21-22(28)25-19-10-14-4-1-3-13(14)9-18(19)24-21;1-2(3)4/h5-6,9-12H,1-4,7-8,23H2,(H,25,28);1H3,(H,3,4). The summed E-state index contributed by atoms with van der Waals surface area (Å²) in [6.07, 6.45) is 5.75. The third-order valence-electron chi connectivity index (χ3n) is 5.84. The maximum Gasteiger partial charge on any atom is 0.300 e. The fraction of sp³-hybridized carbons (Fsp3) is 0.292. The second-order valence-electron chi connectivity index (χ2n) is 8.26. The molecule has 0 bridgehead atoms. The lowest BCUT2D eigenvalue weighted by Gasteiger charge is -2.05. The van der Waals surface area contributed by atoms with Gasteiger partial charge in [0, 0.05) is 42.7 Å². The first-order chi connectivity index (χ1) is 16.3. The molecule has 0 unspecified atom stereocenters. The number of carboxylic acid groups (broad SMARTS) is 1. The Balaban J connectivity index is 0.000000636. The number of nitrogens with zero attached hydrogens (tertiary/aromatic N) is 3. The number of aryl methyl sites for hydroxylation is 3. The number of nitrogens with two attached hydrogens (primary N) is 1. The predicted molar refractivity (Wildman–Crippen MR) is 129 cm³/mol. The summed E-state index contributed by atoms with van der Waals surface area (Å²) in [6.45, 7) is 2.19. The van der Waals surface area contributed by atoms with Crippen molar-refractivity contribution in [1.82, 2.24) is 14.5 Å². The van der Waals surface area contributed by atoms with Gasteiger partial charge in [-0.2, -0.15) is 0 Å². The Morgan fingerprint density at radius 2 is 1.97 bits per heavy atom. The van der Waals surface area contributed by atoms with E-state index in [0.717, 1.165) is 49.0 Å². The molecular formula is C24H25N5O5. The lowest BCUT2D eigenvalue weighted by atomic mass is 10.1. The number of nitro groups is 1. The van der Waals surface area contributed by atoms with Crippen LogP contribution in [0, 0.1) is 10.1 Å². The first kappa shape index (κ1) is 23.1. The molecule has 0 fully saturated rings. The van der Waals surface area contributed by atoms with Gasteiger partial charge in [-0.3, -0.25) is 19.7 Å². The molecule has 0 saturated carbocycles. The molecule has 10 nitrogen and oxygen atoms in total. The summed E-state index contributed by atoms with van der Waals surface area (Å²) in [6, 6.07) is 8.79. The van der Waals surface area contributed by atoms with Gasteiger partial charge in [0.25, 0.3) is 17.2 Å². The molecule has 0 radical (unpaired) electrons. The molecule has 1 aliphatic carbocycles. The van der Waals surface area contributed by atoms with E-state index in [1.54, 1.807) is 6.07 Å². The van der Waals surface area contributed by atoms with Crippen molar-refractivity contribution in [2.45, 2.75) is 39.2 Å². The van der Waals surface area contributed by atoms with Crippen LogP contribution in [0.4, 0.5) is 5.69 Å². The maximum atomic E-state index is 12.9. The summed E-state index contributed by atoms with van der Waals surface area (Å²) in [5.74, 6) is -0.833. The van der Waals surface area contributed by atoms with Crippen molar-refractivity contribution < 1.29 is 14.8 Å². The van der Waals surface area contributed by atoms with Crippen LogP contribution in [0.25, 0.3) is 33.2 Å². The van der Waals surface area contributed by atoms with Gasteiger partial charge in [0.2, 0.25) is 0 Å². The number of hydrogen-bond donors (Lipinski definition) is 3. The quantitative estimate of drug-likeness (QED) is 0.302. The van der Waals surface area contributed by atoms with E-state index in [1.807, 2.05) is 16.8 Å². The van der Waals surface area contributed by atoms with Crippen LogP contribution >= 0.6 is 0 Å². The number of aromatic nitrogens is 3. The van der Waals surface area contributed by atoms with Gasteiger partial charge >= 0.3 is 0 Å². The van der Waals surface area contributed by atoms with Crippen molar-refractivity contribution in [3.05, 3.63) is 68.1 Å². The highest BCUT2D eigenvalue weighted by Crippen LogP contribution is 2.32. The van der Waals surface area contributed by atoms with Crippen LogP contribution in [0.1, 0.15) is 30.9 Å². The van der Waals surface area contributed by atoms with Crippen molar-refractivity contribution in [3.8, 4) is 11.3 Å². The Kier molecular flexibility index (Phi) is 6.42. The van der Waals surface area contributed by atoms with E-state index in [4.69, 9.17) is 20.6 Å². The fourth-order valence-corrected chi connectivity index (χ4v) is 4.37. The van der Waals surface area contributed by atoms with E-state index in [9.17, 15) is 14.9 Å². The zero-order valence-electron chi connectivity index (χ0n) is 18.7. The third kappa shape index (κ3) is 4.53. The number of nitro benzene ring substituents is 1. The number of nitrogens with one attached hydrogen (secondary N) is 1. The van der Waals surface area contributed by atoms with Crippen molar-refractivity contribution in [3.63, 3.8) is 0 Å². The summed E-state index contributed by atoms with van der Waals surface area (Å²) in [7, 11) is 0. The van der Waals surface area contributed by atoms with Gasteiger partial charge in [-0.25, -0.2) is 4.98 Å². The van der Waals surface area contributed by atoms with Crippen LogP contribution in [0.3, 0.4) is 0 Å². The number of carboxylic acids is 1. The molecule has 5 rings (SSSR count). The highest BCUT2D eigenvalue weighted by Gasteiger charge is 2.19. The number of benzene rings is 2. The number of non-ortho nitro benzene ring substituents is 1. The number of fused-ring (bicyclic) bond motifs is 3. The molecular weight excluding hydrogens is 438 g/mol. The van der Waals surface area contributed by atoms with Crippen molar-refractivity contribution in [1.29, 1.82) is 0 Å². The summed E-state index contributed by atoms with van der Waals surface area (Å²) in [5, 5.41) is 19.4. The lowest BCUT2D eigenvalue weighted by molar-refractivity contribution is -0.384. The van der Waals surface area contributed by atoms with Crippen LogP contribution in [-0.2, 0) is 24.2 Å². The van der Waals surface area contributed by atoms with E-state index in [1.165, 1.54) is 23.3 Å². The van der Waals surface area contributed by atoms with E-state index in [0.29, 0.717) is 29.9 Å². The molecule has 4 aromatic rings. The van der Waals surface area contributed by atoms with E-state index >= 15 is 0 Å². The largest absolute Gasteiger partial charge is 0.481 e. The van der Waals surface area contributed by atoms with Crippen molar-refractivity contribution in [2.24, 2.45) is 5.73 Å². The van der Waals surface area contributed by atoms with E-state index in [-0.39, 0.29) is 11.2 Å². The first-order valence-corrected chi connectivity index (χ1v) is 11.0. The lowest BCUT2D eigenvalue weighted by Crippen LogP contribution is -2.11. The molecule has 0 atom stereocenters. The van der Waals surface area contributed by atoms with Gasteiger partial charge in [-0.15, -0.1) is 0 Å². The smallest absolute Gasteiger partial charge is 0.300 e. The zero-order chi connectivity index (χ0) is 24.4. The molecule has 2 heterocycles. The molecule has 0 amide bonds. The summed E-state index contributed by atoms with van der Waals surface area (Å²) < 4.78 is 1.92. The number of aliphatic carboxylic acids is 1. The number of hydrogen-bond acceptors (Lipinski definition) is 6. The monoisotopic (exact) mass is 463 g/mol. The summed E-state index contributed by atoms with van der Waals surface area (Å²) in [4.78, 5) is 40.4. The van der Waals surface area contributed by atoms with E-state index in [2.05, 4.69) is 11.1 Å². The Labute approximate surface area is 194 Å². The van der Waals surface area contributed by atoms with Crippen LogP contribution in [0.15, 0.2) is 41.3 Å². The SMILES string of the molecule is CC(=O)O.NCCCn1cc(-c2nc3cc4c(cc3[nH]c2=O)CCC4)c2ccc([N+](=O)[O-])cc21. The highest BCUT2D eigenvalue weighted by atomic mass is 16.6. The second kappa shape index (κ2) is 9.44. The van der Waals surface area contributed by atoms with Gasteiger partial charge in [-0.1, -0.05) is 0 Å². The van der Waals surface area contributed by atoms with Crippen LogP contribution < -0.4 is 11.3 Å². The van der Waals surface area contributed by atoms with Crippen LogP contribution in [-0.4, -0.2) is 37.1 Å². The van der Waals surface area contributed by atoms with Gasteiger partial charge < -0.3 is 20.4 Å². The number of carbonyl (C=O) groups is 1. The topological polar surface area (TPSA) is 157 Å². The average molecular weight is 463 g/mol. The number of H-pyrrole nitrogens is 1. The Hall–Kier alpha value is -4.05. The molecule has 0 aliphatic heterocycles. The van der Waals surface area contributed by atoms with Crippen LogP contribution in [0.5, 0.6) is 0 Å². The van der Waals surface area contributed by atoms with Gasteiger partial charge in [-0.05, 0) is 61.6 Å². The third-order valence-corrected chi connectivity index (χ3v) is 5.84. The molecule has 1 aliphatic rings. The Morgan fingerprint density at radius 1 is 1.26 bits per heavy atom. The average Bonchev–Trinajstić information content (AvgIpc) is 3.39. The minimum absolute atomic E-state index is 0.0112. The molecule has 4 N–H and O–H groups in total. The summed E-state index contributed by atoms with van der Waals surface area (Å²) >= 11 is 0. The first-order valence-electron chi connectivity index (χ1n) is 11.0.